The number of carbonyl (C=O) groups is 1. The molecular weight excluding hydrogens is 304 g/mol. The molecule has 2 rings (SSSR count). The Hall–Kier alpha value is -1.69. The number of nitrogens with zero attached hydrogens (tertiary/aromatic N) is 4. The second-order valence-electron chi connectivity index (χ2n) is 5.40. The van der Waals surface area contributed by atoms with Crippen molar-refractivity contribution in [3.05, 3.63) is 23.1 Å². The first-order chi connectivity index (χ1) is 10.6. The van der Waals surface area contributed by atoms with Gasteiger partial charge in [0.05, 0.1) is 5.92 Å². The average molecular weight is 325 g/mol. The first kappa shape index (κ1) is 16.7. The lowest BCUT2D eigenvalue weighted by Crippen LogP contribution is -2.16. The molecule has 2 heterocycles. The molecule has 0 amide bonds. The van der Waals surface area contributed by atoms with Crippen LogP contribution in [0.5, 0.6) is 0 Å². The minimum absolute atomic E-state index is 0.0483. The van der Waals surface area contributed by atoms with Crippen LogP contribution in [0.4, 0.5) is 0 Å². The van der Waals surface area contributed by atoms with Gasteiger partial charge in [-0.3, -0.25) is 4.79 Å². The van der Waals surface area contributed by atoms with Crippen LogP contribution in [0.25, 0.3) is 5.65 Å². The molecule has 0 N–H and O–H groups in total. The number of halogens is 1. The normalized spacial score (nSPS) is 12.5. The summed E-state index contributed by atoms with van der Waals surface area (Å²) in [6.45, 7) is 4.11. The first-order valence-electron chi connectivity index (χ1n) is 7.65. The van der Waals surface area contributed by atoms with Crippen molar-refractivity contribution in [2.45, 2.75) is 52.6 Å². The van der Waals surface area contributed by atoms with Gasteiger partial charge in [0, 0.05) is 0 Å². The van der Waals surface area contributed by atoms with Crippen LogP contribution in [0, 0.1) is 5.92 Å². The van der Waals surface area contributed by atoms with Crippen molar-refractivity contribution < 1.29 is 9.53 Å². The van der Waals surface area contributed by atoms with Gasteiger partial charge in [0.1, 0.15) is 5.15 Å². The molecule has 0 fully saturated rings. The Morgan fingerprint density at radius 1 is 1.32 bits per heavy atom. The lowest BCUT2D eigenvalue weighted by Gasteiger charge is -2.10. The minimum Gasteiger partial charge on any atom is -0.457 e. The van der Waals surface area contributed by atoms with Gasteiger partial charge >= 0.3 is 5.97 Å². The molecule has 7 heteroatoms. The van der Waals surface area contributed by atoms with E-state index in [1.807, 2.05) is 6.92 Å². The van der Waals surface area contributed by atoms with E-state index in [0.717, 1.165) is 19.3 Å². The number of rotatable bonds is 8. The predicted molar refractivity (Wildman–Crippen MR) is 83.5 cm³/mol. The van der Waals surface area contributed by atoms with Gasteiger partial charge < -0.3 is 4.74 Å². The third-order valence-corrected chi connectivity index (χ3v) is 3.73. The standard InChI is InChI=1S/C15H21ClN4O2/c1-3-4-5-6-7-11(2)15(21)22-10-14-18-17-13-9-8-12(16)19-20(13)14/h8-9,11H,3-7,10H2,1-2H3. The van der Waals surface area contributed by atoms with E-state index in [1.54, 1.807) is 12.1 Å². The molecule has 1 atom stereocenters. The summed E-state index contributed by atoms with van der Waals surface area (Å²) in [6, 6.07) is 3.35. The van der Waals surface area contributed by atoms with Crippen molar-refractivity contribution in [2.75, 3.05) is 0 Å². The molecule has 0 saturated heterocycles. The number of aromatic nitrogens is 4. The van der Waals surface area contributed by atoms with Gasteiger partial charge in [-0.2, -0.15) is 9.61 Å². The third-order valence-electron chi connectivity index (χ3n) is 3.53. The summed E-state index contributed by atoms with van der Waals surface area (Å²) in [4.78, 5) is 12.0. The molecule has 120 valence electrons. The van der Waals surface area contributed by atoms with Crippen molar-refractivity contribution in [3.63, 3.8) is 0 Å². The highest BCUT2D eigenvalue weighted by molar-refractivity contribution is 6.29. The van der Waals surface area contributed by atoms with E-state index in [-0.39, 0.29) is 18.5 Å². The highest BCUT2D eigenvalue weighted by Crippen LogP contribution is 2.13. The topological polar surface area (TPSA) is 69.4 Å². The molecule has 0 aromatic carbocycles. The minimum atomic E-state index is -0.213. The van der Waals surface area contributed by atoms with Gasteiger partial charge in [-0.15, -0.1) is 10.2 Å². The van der Waals surface area contributed by atoms with Crippen LogP contribution >= 0.6 is 11.6 Å². The van der Waals surface area contributed by atoms with Gasteiger partial charge in [0.2, 0.25) is 0 Å². The van der Waals surface area contributed by atoms with Crippen LogP contribution in [-0.4, -0.2) is 25.8 Å². The van der Waals surface area contributed by atoms with E-state index < -0.39 is 0 Å². The van der Waals surface area contributed by atoms with Gasteiger partial charge in [-0.1, -0.05) is 51.1 Å². The fourth-order valence-corrected chi connectivity index (χ4v) is 2.31. The molecule has 2 aromatic rings. The maximum atomic E-state index is 12.0. The monoisotopic (exact) mass is 324 g/mol. The summed E-state index contributed by atoms with van der Waals surface area (Å²) in [7, 11) is 0. The van der Waals surface area contributed by atoms with Crippen LogP contribution < -0.4 is 0 Å². The Morgan fingerprint density at radius 2 is 2.14 bits per heavy atom. The maximum Gasteiger partial charge on any atom is 0.309 e. The van der Waals surface area contributed by atoms with Crippen molar-refractivity contribution in [2.24, 2.45) is 5.92 Å². The molecule has 0 aliphatic rings. The van der Waals surface area contributed by atoms with E-state index in [2.05, 4.69) is 22.2 Å². The zero-order valence-electron chi connectivity index (χ0n) is 13.0. The summed E-state index contributed by atoms with van der Waals surface area (Å²) >= 11 is 5.85. The molecule has 0 aliphatic carbocycles. The van der Waals surface area contributed by atoms with E-state index in [1.165, 1.54) is 17.4 Å². The van der Waals surface area contributed by atoms with Crippen LogP contribution in [0.2, 0.25) is 5.15 Å². The molecule has 6 nitrogen and oxygen atoms in total. The van der Waals surface area contributed by atoms with Gasteiger partial charge in [-0.25, -0.2) is 0 Å². The maximum absolute atomic E-state index is 12.0. The number of hydrogen-bond acceptors (Lipinski definition) is 5. The Bertz CT molecular complexity index is 629. The summed E-state index contributed by atoms with van der Waals surface area (Å²) in [5.74, 6) is 0.145. The fraction of sp³-hybridized carbons (Fsp3) is 0.600. The van der Waals surface area contributed by atoms with Gasteiger partial charge in [0.15, 0.2) is 18.1 Å². The number of ether oxygens (including phenoxy) is 1. The molecular formula is C15H21ClN4O2. The Labute approximate surface area is 134 Å². The van der Waals surface area contributed by atoms with Crippen LogP contribution in [0.15, 0.2) is 12.1 Å². The molecule has 22 heavy (non-hydrogen) atoms. The second kappa shape index (κ2) is 8.08. The quantitative estimate of drug-likeness (QED) is 0.549. The summed E-state index contributed by atoms with van der Waals surface area (Å²) in [5, 5.41) is 12.4. The predicted octanol–water partition coefficient (Wildman–Crippen LogP) is 3.43. The Morgan fingerprint density at radius 3 is 2.91 bits per heavy atom. The van der Waals surface area contributed by atoms with Crippen LogP contribution in [0.1, 0.15) is 51.8 Å². The van der Waals surface area contributed by atoms with Gasteiger partial charge in [-0.05, 0) is 18.6 Å². The highest BCUT2D eigenvalue weighted by atomic mass is 35.5. The zero-order valence-corrected chi connectivity index (χ0v) is 13.7. The number of unbranched alkanes of at least 4 members (excludes halogenated alkanes) is 3. The summed E-state index contributed by atoms with van der Waals surface area (Å²) < 4.78 is 6.80. The second-order valence-corrected chi connectivity index (χ2v) is 5.79. The van der Waals surface area contributed by atoms with Crippen molar-refractivity contribution in [1.29, 1.82) is 0 Å². The lowest BCUT2D eigenvalue weighted by molar-refractivity contribution is -0.149. The number of fused-ring (bicyclic) bond motifs is 1. The molecule has 2 aromatic heterocycles. The SMILES string of the molecule is CCCCCCC(C)C(=O)OCc1nnc2ccc(Cl)nn12. The van der Waals surface area contributed by atoms with Gasteiger partial charge in [0.25, 0.3) is 0 Å². The highest BCUT2D eigenvalue weighted by Gasteiger charge is 2.16. The van der Waals surface area contributed by atoms with Crippen molar-refractivity contribution in [1.82, 2.24) is 19.8 Å². The summed E-state index contributed by atoms with van der Waals surface area (Å²) in [6.07, 6.45) is 5.46. The molecule has 0 bridgehead atoms. The Kier molecular flexibility index (Phi) is 6.12. The van der Waals surface area contributed by atoms with Crippen molar-refractivity contribution in [3.8, 4) is 0 Å². The van der Waals surface area contributed by atoms with Crippen LogP contribution in [0.3, 0.4) is 0 Å². The number of hydrogen-bond donors (Lipinski definition) is 0. The molecule has 0 radical (unpaired) electrons. The van der Waals surface area contributed by atoms with E-state index >= 15 is 0 Å². The first-order valence-corrected chi connectivity index (χ1v) is 8.03. The number of esters is 1. The molecule has 0 spiro atoms. The van der Waals surface area contributed by atoms with Crippen LogP contribution in [-0.2, 0) is 16.1 Å². The molecule has 0 saturated carbocycles. The van der Waals surface area contributed by atoms with E-state index in [4.69, 9.17) is 16.3 Å². The average Bonchev–Trinajstić information content (AvgIpc) is 2.91. The molecule has 0 aliphatic heterocycles. The Balaban J connectivity index is 1.85. The smallest absolute Gasteiger partial charge is 0.309 e. The third kappa shape index (κ3) is 4.40. The largest absolute Gasteiger partial charge is 0.457 e. The zero-order chi connectivity index (χ0) is 15.9. The van der Waals surface area contributed by atoms with E-state index in [0.29, 0.717) is 16.6 Å². The summed E-state index contributed by atoms with van der Waals surface area (Å²) in [5.41, 5.74) is 0.572. The van der Waals surface area contributed by atoms with E-state index in [9.17, 15) is 4.79 Å². The van der Waals surface area contributed by atoms with Crippen molar-refractivity contribution >= 4 is 23.2 Å². The lowest BCUT2D eigenvalue weighted by atomic mass is 10.0. The molecule has 1 unspecified atom stereocenters. The number of carbonyl (C=O) groups excluding carboxylic acids is 1. The fourth-order valence-electron chi connectivity index (χ4n) is 2.17.